The van der Waals surface area contributed by atoms with Crippen molar-refractivity contribution in [3.05, 3.63) is 64.6 Å². The number of nitrogens with zero attached hydrogens (tertiary/aromatic N) is 5. The van der Waals surface area contributed by atoms with E-state index in [4.69, 9.17) is 0 Å². The number of alkyl halides is 3. The van der Waals surface area contributed by atoms with Crippen LogP contribution in [0.15, 0.2) is 46.6 Å². The zero-order chi connectivity index (χ0) is 30.5. The van der Waals surface area contributed by atoms with Crippen molar-refractivity contribution >= 4 is 34.4 Å². The van der Waals surface area contributed by atoms with Crippen molar-refractivity contribution < 1.29 is 26.7 Å². The molecule has 2 aromatic carbocycles. The molecule has 2 aliphatic heterocycles. The van der Waals surface area contributed by atoms with E-state index in [9.17, 15) is 27.2 Å². The fraction of sp³-hybridized carbons (Fsp3) is 0.414. The Morgan fingerprint density at radius 1 is 1.21 bits per heavy atom. The van der Waals surface area contributed by atoms with Crippen LogP contribution in [0.1, 0.15) is 12.5 Å². The molecule has 5 rings (SSSR count). The van der Waals surface area contributed by atoms with Gasteiger partial charge < -0.3 is 9.80 Å². The zero-order valence-corrected chi connectivity index (χ0v) is 24.2. The standard InChI is InChI=1S/C29H30F5N5O2S/c1-5-23(40)37-8-9-38(17(3)12-37)27-21-10-16(2)24(20-7-6-18(30)11-22(20)31)26-25(21)39(28(41)35-27)13-19(14-42-26)36(4)15-29(32,33)34/h5-7,10-11,17,19H,1,8-9,12-15H2,2-4H3/t17-,19-/m0/s1. The molecule has 0 unspecified atom stereocenters. The highest BCUT2D eigenvalue weighted by molar-refractivity contribution is 7.99. The normalized spacial score (nSPS) is 19.4. The molecule has 0 saturated carbocycles. The van der Waals surface area contributed by atoms with Gasteiger partial charge in [0.2, 0.25) is 5.91 Å². The van der Waals surface area contributed by atoms with Gasteiger partial charge in [-0.15, -0.1) is 11.8 Å². The molecule has 1 saturated heterocycles. The molecule has 224 valence electrons. The van der Waals surface area contributed by atoms with Crippen LogP contribution in [-0.2, 0) is 11.3 Å². The first-order chi connectivity index (χ1) is 19.8. The van der Waals surface area contributed by atoms with Gasteiger partial charge in [0.05, 0.1) is 12.1 Å². The molecular formula is C29H30F5N5O2S. The molecule has 3 heterocycles. The lowest BCUT2D eigenvalue weighted by molar-refractivity contribution is -0.147. The molecule has 1 fully saturated rings. The van der Waals surface area contributed by atoms with Crippen molar-refractivity contribution in [3.8, 4) is 11.1 Å². The Bertz CT molecular complexity index is 1620. The van der Waals surface area contributed by atoms with Crippen LogP contribution in [0.2, 0.25) is 0 Å². The van der Waals surface area contributed by atoms with E-state index in [-0.39, 0.29) is 29.8 Å². The Morgan fingerprint density at radius 2 is 1.95 bits per heavy atom. The number of carbonyl (C=O) groups excluding carboxylic acids is 1. The van der Waals surface area contributed by atoms with Crippen molar-refractivity contribution in [1.29, 1.82) is 0 Å². The minimum absolute atomic E-state index is 0.0548. The van der Waals surface area contributed by atoms with Crippen LogP contribution in [0.25, 0.3) is 22.0 Å². The van der Waals surface area contributed by atoms with E-state index in [0.717, 1.165) is 17.0 Å². The van der Waals surface area contributed by atoms with Crippen molar-refractivity contribution in [3.63, 3.8) is 0 Å². The van der Waals surface area contributed by atoms with Gasteiger partial charge in [-0.2, -0.15) is 18.2 Å². The maximum atomic E-state index is 15.2. The Morgan fingerprint density at radius 3 is 2.60 bits per heavy atom. The lowest BCUT2D eigenvalue weighted by atomic mass is 9.97. The topological polar surface area (TPSA) is 61.7 Å². The summed E-state index contributed by atoms with van der Waals surface area (Å²) in [5.74, 6) is -1.15. The summed E-state index contributed by atoms with van der Waals surface area (Å²) in [6, 6.07) is 4.16. The van der Waals surface area contributed by atoms with Gasteiger partial charge in [0.1, 0.15) is 17.5 Å². The van der Waals surface area contributed by atoms with Crippen LogP contribution >= 0.6 is 11.8 Å². The average molecular weight is 608 g/mol. The predicted molar refractivity (Wildman–Crippen MR) is 153 cm³/mol. The number of benzene rings is 2. The third kappa shape index (κ3) is 5.63. The molecule has 0 spiro atoms. The van der Waals surface area contributed by atoms with Crippen LogP contribution in [-0.4, -0.2) is 82.5 Å². The maximum Gasteiger partial charge on any atom is 0.401 e. The molecule has 0 N–H and O–H groups in total. The highest BCUT2D eigenvalue weighted by Crippen LogP contribution is 2.44. The van der Waals surface area contributed by atoms with Gasteiger partial charge >= 0.3 is 11.9 Å². The fourth-order valence-electron chi connectivity index (χ4n) is 5.80. The minimum atomic E-state index is -4.44. The van der Waals surface area contributed by atoms with E-state index in [1.165, 1.54) is 35.5 Å². The first kappa shape index (κ1) is 30.0. The number of likely N-dealkylation sites (N-methyl/N-ethyl adjacent to an activating group) is 1. The quantitative estimate of drug-likeness (QED) is 0.306. The summed E-state index contributed by atoms with van der Waals surface area (Å²) < 4.78 is 70.3. The number of anilines is 1. The summed E-state index contributed by atoms with van der Waals surface area (Å²) >= 11 is 1.25. The van der Waals surface area contributed by atoms with Crippen LogP contribution in [0, 0.1) is 18.6 Å². The van der Waals surface area contributed by atoms with E-state index in [2.05, 4.69) is 11.6 Å². The summed E-state index contributed by atoms with van der Waals surface area (Å²) in [5.41, 5.74) is 1.02. The first-order valence-electron chi connectivity index (χ1n) is 13.4. The lowest BCUT2D eigenvalue weighted by Gasteiger charge is -2.40. The van der Waals surface area contributed by atoms with Crippen molar-refractivity contribution in [2.75, 3.05) is 43.9 Å². The first-order valence-corrected chi connectivity index (χ1v) is 14.4. The van der Waals surface area contributed by atoms with Gasteiger partial charge in [-0.05, 0) is 50.7 Å². The number of piperazine rings is 1. The van der Waals surface area contributed by atoms with Gasteiger partial charge in [-0.1, -0.05) is 6.58 Å². The largest absolute Gasteiger partial charge is 0.401 e. The van der Waals surface area contributed by atoms with Crippen molar-refractivity contribution in [2.45, 2.75) is 43.5 Å². The third-order valence-corrected chi connectivity index (χ3v) is 9.09. The van der Waals surface area contributed by atoms with Gasteiger partial charge in [-0.25, -0.2) is 13.6 Å². The number of aromatic nitrogens is 2. The summed E-state index contributed by atoms with van der Waals surface area (Å²) in [4.78, 5) is 35.6. The molecule has 3 aromatic rings. The Kier molecular flexibility index (Phi) is 8.10. The highest BCUT2D eigenvalue weighted by atomic mass is 32.2. The second-order valence-corrected chi connectivity index (χ2v) is 11.8. The Balaban J connectivity index is 1.71. The van der Waals surface area contributed by atoms with Gasteiger partial charge in [0.15, 0.2) is 0 Å². The molecule has 0 aliphatic carbocycles. The van der Waals surface area contributed by atoms with E-state index in [1.807, 2.05) is 11.8 Å². The number of carbonyl (C=O) groups is 1. The number of halogens is 5. The highest BCUT2D eigenvalue weighted by Gasteiger charge is 2.36. The minimum Gasteiger partial charge on any atom is -0.350 e. The molecule has 42 heavy (non-hydrogen) atoms. The van der Waals surface area contributed by atoms with Crippen LogP contribution < -0.4 is 10.6 Å². The Labute approximate surface area is 243 Å². The average Bonchev–Trinajstić information content (AvgIpc) is 3.11. The summed E-state index contributed by atoms with van der Waals surface area (Å²) in [7, 11) is 1.36. The maximum absolute atomic E-state index is 15.2. The van der Waals surface area contributed by atoms with Crippen molar-refractivity contribution in [2.24, 2.45) is 0 Å². The van der Waals surface area contributed by atoms with Gasteiger partial charge in [-0.3, -0.25) is 14.3 Å². The molecule has 0 radical (unpaired) electrons. The van der Waals surface area contributed by atoms with E-state index in [1.54, 1.807) is 17.9 Å². The van der Waals surface area contributed by atoms with E-state index in [0.29, 0.717) is 52.4 Å². The second kappa shape index (κ2) is 11.3. The van der Waals surface area contributed by atoms with Crippen LogP contribution in [0.3, 0.4) is 0 Å². The Hall–Kier alpha value is -3.45. The molecule has 0 bridgehead atoms. The summed E-state index contributed by atoms with van der Waals surface area (Å²) in [5, 5.41) is 0.593. The number of aryl methyl sites for hydroxylation is 1. The smallest absolute Gasteiger partial charge is 0.350 e. The van der Waals surface area contributed by atoms with Crippen molar-refractivity contribution in [1.82, 2.24) is 19.4 Å². The number of rotatable bonds is 5. The SMILES string of the molecule is C=CC(=O)N1CCN(c2nc(=O)n3c4c(c(-c5ccc(F)cc5F)c(C)cc24)SC[C@@H](N(C)CC(F)(F)F)C3)[C@@H](C)C1. The third-order valence-electron chi connectivity index (χ3n) is 7.85. The second-order valence-electron chi connectivity index (χ2n) is 10.8. The number of thioether (sulfide) groups is 1. The summed E-state index contributed by atoms with van der Waals surface area (Å²) in [6.45, 7) is 7.16. The molecule has 1 aromatic heterocycles. The number of amides is 1. The van der Waals surface area contributed by atoms with Crippen LogP contribution in [0.5, 0.6) is 0 Å². The molecule has 7 nitrogen and oxygen atoms in total. The molecular weight excluding hydrogens is 577 g/mol. The van der Waals surface area contributed by atoms with E-state index < -0.39 is 36.1 Å². The monoisotopic (exact) mass is 607 g/mol. The predicted octanol–water partition coefficient (Wildman–Crippen LogP) is 4.84. The lowest BCUT2D eigenvalue weighted by Crippen LogP contribution is -2.54. The fourth-order valence-corrected chi connectivity index (χ4v) is 7.29. The molecule has 13 heteroatoms. The zero-order valence-electron chi connectivity index (χ0n) is 23.3. The molecule has 1 amide bonds. The molecule has 2 atom stereocenters. The number of hydrogen-bond acceptors (Lipinski definition) is 6. The molecule has 2 aliphatic rings. The summed E-state index contributed by atoms with van der Waals surface area (Å²) in [6.07, 6.45) is -3.19. The number of hydrogen-bond donors (Lipinski definition) is 0. The van der Waals surface area contributed by atoms with Gasteiger partial charge in [0.25, 0.3) is 0 Å². The van der Waals surface area contributed by atoms with E-state index >= 15 is 4.39 Å². The van der Waals surface area contributed by atoms with Gasteiger partial charge in [0, 0.05) is 71.5 Å². The van der Waals surface area contributed by atoms with Crippen LogP contribution in [0.4, 0.5) is 27.8 Å².